The first-order valence-electron chi connectivity index (χ1n) is 6.34. The van der Waals surface area contributed by atoms with Crippen molar-refractivity contribution in [2.75, 3.05) is 32.5 Å². The molecule has 0 atom stereocenters. The van der Waals surface area contributed by atoms with Crippen molar-refractivity contribution in [1.82, 2.24) is 4.90 Å². The zero-order chi connectivity index (χ0) is 13.0. The molecule has 0 spiro atoms. The van der Waals surface area contributed by atoms with Gasteiger partial charge in [0.1, 0.15) is 0 Å². The Morgan fingerprint density at radius 1 is 1.33 bits per heavy atom. The van der Waals surface area contributed by atoms with Gasteiger partial charge in [-0.25, -0.2) is 0 Å². The van der Waals surface area contributed by atoms with E-state index in [2.05, 4.69) is 0 Å². The number of ether oxygens (including phenoxy) is 1. The van der Waals surface area contributed by atoms with Gasteiger partial charge in [0.05, 0.1) is 0 Å². The number of piperidine rings is 1. The van der Waals surface area contributed by atoms with Crippen LogP contribution in [0.5, 0.6) is 0 Å². The molecule has 0 radical (unpaired) electrons. The maximum absolute atomic E-state index is 12.2. The topological polar surface area (TPSA) is 55.6 Å². The molecule has 1 aromatic rings. The standard InChI is InChI=1S/C14H20N2O2/c1-18-10-11-6-8-16(9-7-11)14(17)12-2-4-13(15)5-3-12/h2-5,11H,6-10,15H2,1H3. The Morgan fingerprint density at radius 2 is 1.94 bits per heavy atom. The third-order valence-corrected chi connectivity index (χ3v) is 3.46. The minimum Gasteiger partial charge on any atom is -0.399 e. The average Bonchev–Trinajstić information content (AvgIpc) is 2.40. The summed E-state index contributed by atoms with van der Waals surface area (Å²) in [6.07, 6.45) is 2.04. The van der Waals surface area contributed by atoms with Crippen molar-refractivity contribution in [3.8, 4) is 0 Å². The number of rotatable bonds is 3. The Kier molecular flexibility index (Phi) is 4.20. The zero-order valence-corrected chi connectivity index (χ0v) is 10.8. The molecule has 2 N–H and O–H groups in total. The Hall–Kier alpha value is -1.55. The van der Waals surface area contributed by atoms with Crippen molar-refractivity contribution >= 4 is 11.6 Å². The van der Waals surface area contributed by atoms with E-state index in [-0.39, 0.29) is 5.91 Å². The van der Waals surface area contributed by atoms with Gasteiger partial charge < -0.3 is 15.4 Å². The molecule has 0 bridgehead atoms. The fourth-order valence-corrected chi connectivity index (χ4v) is 2.35. The molecular formula is C14H20N2O2. The van der Waals surface area contributed by atoms with Crippen molar-refractivity contribution in [1.29, 1.82) is 0 Å². The van der Waals surface area contributed by atoms with Crippen LogP contribution in [0.3, 0.4) is 0 Å². The second-order valence-electron chi connectivity index (χ2n) is 4.81. The van der Waals surface area contributed by atoms with Crippen LogP contribution in [0.25, 0.3) is 0 Å². The molecule has 18 heavy (non-hydrogen) atoms. The average molecular weight is 248 g/mol. The van der Waals surface area contributed by atoms with Gasteiger partial charge in [-0.3, -0.25) is 4.79 Å². The lowest BCUT2D eigenvalue weighted by molar-refractivity contribution is 0.0613. The molecule has 4 nitrogen and oxygen atoms in total. The predicted octanol–water partition coefficient (Wildman–Crippen LogP) is 1.77. The van der Waals surface area contributed by atoms with E-state index < -0.39 is 0 Å². The highest BCUT2D eigenvalue weighted by atomic mass is 16.5. The molecule has 1 aromatic carbocycles. The second-order valence-corrected chi connectivity index (χ2v) is 4.81. The number of carbonyl (C=O) groups excluding carboxylic acids is 1. The van der Waals surface area contributed by atoms with E-state index in [1.165, 1.54) is 0 Å². The Morgan fingerprint density at radius 3 is 2.50 bits per heavy atom. The fourth-order valence-electron chi connectivity index (χ4n) is 2.35. The van der Waals surface area contributed by atoms with Gasteiger partial charge in [-0.2, -0.15) is 0 Å². The number of hydrogen-bond donors (Lipinski definition) is 1. The molecule has 1 saturated heterocycles. The van der Waals surface area contributed by atoms with Gasteiger partial charge >= 0.3 is 0 Å². The minimum atomic E-state index is 0.103. The van der Waals surface area contributed by atoms with Gasteiger partial charge in [-0.05, 0) is 43.0 Å². The summed E-state index contributed by atoms with van der Waals surface area (Å²) in [5, 5.41) is 0. The summed E-state index contributed by atoms with van der Waals surface area (Å²) in [7, 11) is 1.73. The van der Waals surface area contributed by atoms with Crippen LogP contribution in [-0.2, 0) is 4.74 Å². The third-order valence-electron chi connectivity index (χ3n) is 3.46. The maximum atomic E-state index is 12.2. The summed E-state index contributed by atoms with van der Waals surface area (Å²) in [4.78, 5) is 14.1. The molecule has 1 heterocycles. The summed E-state index contributed by atoms with van der Waals surface area (Å²) < 4.78 is 5.16. The van der Waals surface area contributed by atoms with E-state index in [0.717, 1.165) is 38.1 Å². The van der Waals surface area contributed by atoms with Crippen LogP contribution in [0.4, 0.5) is 5.69 Å². The van der Waals surface area contributed by atoms with Gasteiger partial charge in [0.15, 0.2) is 0 Å². The maximum Gasteiger partial charge on any atom is 0.253 e. The number of amides is 1. The van der Waals surface area contributed by atoms with E-state index in [1.807, 2.05) is 4.90 Å². The number of nitrogens with two attached hydrogens (primary N) is 1. The van der Waals surface area contributed by atoms with Crippen LogP contribution in [0.15, 0.2) is 24.3 Å². The molecule has 1 amide bonds. The number of nitrogens with zero attached hydrogens (tertiary/aromatic N) is 1. The van der Waals surface area contributed by atoms with E-state index in [0.29, 0.717) is 11.6 Å². The number of likely N-dealkylation sites (tertiary alicyclic amines) is 1. The number of carbonyl (C=O) groups is 1. The van der Waals surface area contributed by atoms with Crippen molar-refractivity contribution in [2.24, 2.45) is 5.92 Å². The summed E-state index contributed by atoms with van der Waals surface area (Å²) >= 11 is 0. The zero-order valence-electron chi connectivity index (χ0n) is 10.8. The highest BCUT2D eigenvalue weighted by molar-refractivity contribution is 5.94. The third kappa shape index (κ3) is 3.01. The van der Waals surface area contributed by atoms with Gasteiger partial charge in [0, 0.05) is 38.1 Å². The van der Waals surface area contributed by atoms with Crippen LogP contribution < -0.4 is 5.73 Å². The van der Waals surface area contributed by atoms with Crippen LogP contribution in [0.2, 0.25) is 0 Å². The number of hydrogen-bond acceptors (Lipinski definition) is 3. The van der Waals surface area contributed by atoms with E-state index in [1.54, 1.807) is 31.4 Å². The first kappa shape index (κ1) is 12.9. The Balaban J connectivity index is 1.93. The summed E-state index contributed by atoms with van der Waals surface area (Å²) in [5.74, 6) is 0.691. The van der Waals surface area contributed by atoms with Crippen molar-refractivity contribution in [2.45, 2.75) is 12.8 Å². The minimum absolute atomic E-state index is 0.103. The quantitative estimate of drug-likeness (QED) is 0.829. The van der Waals surface area contributed by atoms with Gasteiger partial charge in [0.2, 0.25) is 0 Å². The molecule has 1 aliphatic rings. The summed E-state index contributed by atoms with van der Waals surface area (Å²) in [5.41, 5.74) is 7.02. The molecular weight excluding hydrogens is 228 g/mol. The number of benzene rings is 1. The first-order chi connectivity index (χ1) is 8.70. The molecule has 0 aliphatic carbocycles. The highest BCUT2D eigenvalue weighted by Gasteiger charge is 2.23. The lowest BCUT2D eigenvalue weighted by atomic mass is 9.97. The Bertz CT molecular complexity index is 395. The largest absolute Gasteiger partial charge is 0.399 e. The second kappa shape index (κ2) is 5.87. The molecule has 1 aliphatic heterocycles. The molecule has 98 valence electrons. The van der Waals surface area contributed by atoms with Crippen molar-refractivity contribution in [3.63, 3.8) is 0 Å². The lowest BCUT2D eigenvalue weighted by Gasteiger charge is -2.31. The van der Waals surface area contributed by atoms with Gasteiger partial charge in [-0.1, -0.05) is 0 Å². The molecule has 0 saturated carbocycles. The van der Waals surface area contributed by atoms with Crippen LogP contribution in [-0.4, -0.2) is 37.6 Å². The molecule has 2 rings (SSSR count). The van der Waals surface area contributed by atoms with E-state index >= 15 is 0 Å². The van der Waals surface area contributed by atoms with Crippen LogP contribution >= 0.6 is 0 Å². The first-order valence-corrected chi connectivity index (χ1v) is 6.34. The van der Waals surface area contributed by atoms with Gasteiger partial charge in [0.25, 0.3) is 5.91 Å². The summed E-state index contributed by atoms with van der Waals surface area (Å²) in [6.45, 7) is 2.43. The van der Waals surface area contributed by atoms with Crippen molar-refractivity contribution < 1.29 is 9.53 Å². The molecule has 0 aromatic heterocycles. The van der Waals surface area contributed by atoms with E-state index in [9.17, 15) is 4.79 Å². The Labute approximate surface area is 108 Å². The number of methoxy groups -OCH3 is 1. The predicted molar refractivity (Wildman–Crippen MR) is 71.4 cm³/mol. The van der Waals surface area contributed by atoms with E-state index in [4.69, 9.17) is 10.5 Å². The van der Waals surface area contributed by atoms with Crippen molar-refractivity contribution in [3.05, 3.63) is 29.8 Å². The molecule has 0 unspecified atom stereocenters. The normalized spacial score (nSPS) is 16.8. The smallest absolute Gasteiger partial charge is 0.253 e. The number of anilines is 1. The molecule has 4 heteroatoms. The summed E-state index contributed by atoms with van der Waals surface area (Å²) in [6, 6.07) is 7.12. The monoisotopic (exact) mass is 248 g/mol. The molecule has 1 fully saturated rings. The van der Waals surface area contributed by atoms with Crippen LogP contribution in [0.1, 0.15) is 23.2 Å². The van der Waals surface area contributed by atoms with Gasteiger partial charge in [-0.15, -0.1) is 0 Å². The lowest BCUT2D eigenvalue weighted by Crippen LogP contribution is -2.39. The highest BCUT2D eigenvalue weighted by Crippen LogP contribution is 2.19. The van der Waals surface area contributed by atoms with Crippen LogP contribution in [0, 0.1) is 5.92 Å². The number of nitrogen functional groups attached to an aromatic ring is 1. The SMILES string of the molecule is COCC1CCN(C(=O)c2ccc(N)cc2)CC1. The fraction of sp³-hybridized carbons (Fsp3) is 0.500.